The number of benzene rings is 2. The van der Waals surface area contributed by atoms with E-state index in [-0.39, 0.29) is 5.82 Å². The number of rotatable bonds is 3. The van der Waals surface area contributed by atoms with Gasteiger partial charge in [0.1, 0.15) is 5.82 Å². The zero-order chi connectivity index (χ0) is 13.2. The number of hydrogen-bond acceptors (Lipinski definition) is 2. The number of para-hydroxylation sites is 2. The quantitative estimate of drug-likeness (QED) is 0.781. The highest BCUT2D eigenvalue weighted by Crippen LogP contribution is 2.18. The number of hydrogen-bond donors (Lipinski definition) is 1. The lowest BCUT2D eigenvalue weighted by molar-refractivity contribution is 0.623. The number of nitrogens with zero attached hydrogens (tertiary/aromatic N) is 2. The molecule has 4 heteroatoms. The van der Waals surface area contributed by atoms with Gasteiger partial charge in [0, 0.05) is 6.54 Å². The fourth-order valence-electron chi connectivity index (χ4n) is 2.26. The third kappa shape index (κ3) is 2.29. The van der Waals surface area contributed by atoms with E-state index in [0.29, 0.717) is 12.5 Å². The lowest BCUT2D eigenvalue weighted by atomic mass is 10.1. The molecular weight excluding hydrogens is 241 g/mol. The van der Waals surface area contributed by atoms with Gasteiger partial charge in [-0.15, -0.1) is 0 Å². The zero-order valence-corrected chi connectivity index (χ0v) is 10.4. The molecule has 0 atom stereocenters. The molecule has 1 aromatic heterocycles. The first-order chi connectivity index (χ1) is 9.24. The zero-order valence-electron chi connectivity index (χ0n) is 10.4. The minimum atomic E-state index is -0.207. The highest BCUT2D eigenvalue weighted by Gasteiger charge is 2.07. The Morgan fingerprint density at radius 1 is 1.11 bits per heavy atom. The van der Waals surface area contributed by atoms with Crippen LogP contribution in [0.3, 0.4) is 0 Å². The summed E-state index contributed by atoms with van der Waals surface area (Å²) in [6.07, 6.45) is 0.725. The van der Waals surface area contributed by atoms with Gasteiger partial charge in [-0.1, -0.05) is 24.3 Å². The Kier molecular flexibility index (Phi) is 2.91. The Hall–Kier alpha value is -2.36. The van der Waals surface area contributed by atoms with Crippen molar-refractivity contribution in [3.63, 3.8) is 0 Å². The molecule has 19 heavy (non-hydrogen) atoms. The van der Waals surface area contributed by atoms with Crippen LogP contribution in [0.1, 0.15) is 5.56 Å². The van der Waals surface area contributed by atoms with Gasteiger partial charge in [-0.25, -0.2) is 9.37 Å². The Morgan fingerprint density at radius 2 is 1.95 bits per heavy atom. The van der Waals surface area contributed by atoms with Crippen molar-refractivity contribution in [1.29, 1.82) is 0 Å². The lowest BCUT2D eigenvalue weighted by Gasteiger charge is -2.06. The fraction of sp³-hybridized carbons (Fsp3) is 0.133. The predicted octanol–water partition coefficient (Wildman–Crippen LogP) is 3.00. The molecule has 1 heterocycles. The van der Waals surface area contributed by atoms with E-state index >= 15 is 0 Å². The number of fused-ring (bicyclic) bond motifs is 1. The summed E-state index contributed by atoms with van der Waals surface area (Å²) >= 11 is 0. The fourth-order valence-corrected chi connectivity index (χ4v) is 2.26. The molecule has 0 saturated heterocycles. The summed E-state index contributed by atoms with van der Waals surface area (Å²) in [6, 6.07) is 14.5. The number of nitrogen functional groups attached to an aromatic ring is 1. The van der Waals surface area contributed by atoms with Gasteiger partial charge in [0.25, 0.3) is 0 Å². The molecule has 0 aliphatic carbocycles. The molecule has 2 N–H and O–H groups in total. The third-order valence-corrected chi connectivity index (χ3v) is 3.20. The molecule has 96 valence electrons. The molecule has 0 amide bonds. The lowest BCUT2D eigenvalue weighted by Crippen LogP contribution is -2.05. The van der Waals surface area contributed by atoms with Crippen molar-refractivity contribution in [3.05, 3.63) is 59.9 Å². The van der Waals surface area contributed by atoms with Crippen LogP contribution in [0.2, 0.25) is 0 Å². The number of imidazole rings is 1. The Balaban J connectivity index is 1.87. The largest absolute Gasteiger partial charge is 0.369 e. The van der Waals surface area contributed by atoms with Crippen LogP contribution in [-0.2, 0) is 13.0 Å². The summed E-state index contributed by atoms with van der Waals surface area (Å²) in [7, 11) is 0. The highest BCUT2D eigenvalue weighted by molar-refractivity contribution is 5.78. The SMILES string of the molecule is Nc1nc2ccccc2n1CCc1cccc(F)c1. The summed E-state index contributed by atoms with van der Waals surface area (Å²) in [5.41, 5.74) is 8.78. The first-order valence-corrected chi connectivity index (χ1v) is 6.19. The molecule has 0 unspecified atom stereocenters. The van der Waals surface area contributed by atoms with E-state index in [9.17, 15) is 4.39 Å². The van der Waals surface area contributed by atoms with Crippen molar-refractivity contribution in [3.8, 4) is 0 Å². The van der Waals surface area contributed by atoms with Gasteiger partial charge >= 0.3 is 0 Å². The van der Waals surface area contributed by atoms with Crippen LogP contribution in [0.4, 0.5) is 10.3 Å². The van der Waals surface area contributed by atoms with Crippen LogP contribution in [0, 0.1) is 5.82 Å². The average molecular weight is 255 g/mol. The van der Waals surface area contributed by atoms with E-state index in [4.69, 9.17) is 5.73 Å². The van der Waals surface area contributed by atoms with Gasteiger partial charge in [0.15, 0.2) is 0 Å². The van der Waals surface area contributed by atoms with Gasteiger partial charge in [-0.05, 0) is 36.2 Å². The molecule has 2 aromatic carbocycles. The van der Waals surface area contributed by atoms with Gasteiger partial charge in [0.2, 0.25) is 5.95 Å². The molecule has 3 nitrogen and oxygen atoms in total. The third-order valence-electron chi connectivity index (χ3n) is 3.20. The van der Waals surface area contributed by atoms with Crippen LogP contribution < -0.4 is 5.73 Å². The summed E-state index contributed by atoms with van der Waals surface area (Å²) in [6.45, 7) is 0.690. The van der Waals surface area contributed by atoms with Crippen LogP contribution in [-0.4, -0.2) is 9.55 Å². The smallest absolute Gasteiger partial charge is 0.201 e. The number of aryl methyl sites for hydroxylation is 2. The maximum Gasteiger partial charge on any atom is 0.201 e. The Labute approximate surface area is 110 Å². The number of aromatic nitrogens is 2. The van der Waals surface area contributed by atoms with E-state index in [2.05, 4.69) is 4.98 Å². The number of anilines is 1. The second kappa shape index (κ2) is 4.72. The van der Waals surface area contributed by atoms with Crippen molar-refractivity contribution in [1.82, 2.24) is 9.55 Å². The molecule has 0 fully saturated rings. The molecule has 3 rings (SSSR count). The summed E-state index contributed by atoms with van der Waals surface area (Å²) in [4.78, 5) is 4.31. The molecule has 3 aromatic rings. The minimum Gasteiger partial charge on any atom is -0.369 e. The van der Waals surface area contributed by atoms with Crippen LogP contribution in [0.25, 0.3) is 11.0 Å². The first-order valence-electron chi connectivity index (χ1n) is 6.19. The van der Waals surface area contributed by atoms with Crippen molar-refractivity contribution in [2.75, 3.05) is 5.73 Å². The molecule has 0 bridgehead atoms. The monoisotopic (exact) mass is 255 g/mol. The molecular formula is C15H14FN3. The molecule has 0 aliphatic rings. The molecule has 0 aliphatic heterocycles. The topological polar surface area (TPSA) is 43.8 Å². The number of halogens is 1. The maximum absolute atomic E-state index is 13.1. The Bertz CT molecular complexity index is 718. The maximum atomic E-state index is 13.1. The van der Waals surface area contributed by atoms with Gasteiger partial charge in [-0.2, -0.15) is 0 Å². The highest BCUT2D eigenvalue weighted by atomic mass is 19.1. The first kappa shape index (κ1) is 11.7. The van der Waals surface area contributed by atoms with Gasteiger partial charge in [-0.3, -0.25) is 0 Å². The minimum absolute atomic E-state index is 0.207. The van der Waals surface area contributed by atoms with Crippen molar-refractivity contribution in [2.24, 2.45) is 0 Å². The normalized spacial score (nSPS) is 11.0. The molecule has 0 radical (unpaired) electrons. The Morgan fingerprint density at radius 3 is 2.79 bits per heavy atom. The van der Waals surface area contributed by atoms with E-state index in [1.165, 1.54) is 6.07 Å². The second-order valence-electron chi connectivity index (χ2n) is 4.49. The van der Waals surface area contributed by atoms with Gasteiger partial charge < -0.3 is 10.3 Å². The summed E-state index contributed by atoms with van der Waals surface area (Å²) in [5, 5.41) is 0. The van der Waals surface area contributed by atoms with E-state index < -0.39 is 0 Å². The second-order valence-corrected chi connectivity index (χ2v) is 4.49. The van der Waals surface area contributed by atoms with Crippen LogP contribution >= 0.6 is 0 Å². The summed E-state index contributed by atoms with van der Waals surface area (Å²) < 4.78 is 15.1. The van der Waals surface area contributed by atoms with E-state index in [0.717, 1.165) is 23.0 Å². The number of nitrogens with two attached hydrogens (primary N) is 1. The van der Waals surface area contributed by atoms with E-state index in [1.807, 2.05) is 34.9 Å². The summed E-state index contributed by atoms with van der Waals surface area (Å²) in [5.74, 6) is 0.290. The predicted molar refractivity (Wildman–Crippen MR) is 74.2 cm³/mol. The van der Waals surface area contributed by atoms with Gasteiger partial charge in [0.05, 0.1) is 11.0 Å². The van der Waals surface area contributed by atoms with Crippen molar-refractivity contribution >= 4 is 17.0 Å². The standard InChI is InChI=1S/C15H14FN3/c16-12-5-3-4-11(10-12)8-9-19-14-7-2-1-6-13(14)18-15(19)17/h1-7,10H,8-9H2,(H2,17,18). The van der Waals surface area contributed by atoms with Crippen LogP contribution in [0.5, 0.6) is 0 Å². The van der Waals surface area contributed by atoms with Crippen molar-refractivity contribution < 1.29 is 4.39 Å². The van der Waals surface area contributed by atoms with Crippen molar-refractivity contribution in [2.45, 2.75) is 13.0 Å². The van der Waals surface area contributed by atoms with E-state index in [1.54, 1.807) is 12.1 Å². The average Bonchev–Trinajstić information content (AvgIpc) is 2.72. The van der Waals surface area contributed by atoms with Crippen LogP contribution in [0.15, 0.2) is 48.5 Å². The molecule has 0 saturated carbocycles. The molecule has 0 spiro atoms.